The van der Waals surface area contributed by atoms with Gasteiger partial charge in [-0.25, -0.2) is 4.79 Å². The van der Waals surface area contributed by atoms with Crippen LogP contribution in [-0.2, 0) is 14.3 Å². The lowest BCUT2D eigenvalue weighted by Gasteiger charge is -2.18. The normalized spacial score (nSPS) is 12.5. The molecule has 2 aromatic rings. The van der Waals surface area contributed by atoms with Crippen LogP contribution >= 0.6 is 11.6 Å². The van der Waals surface area contributed by atoms with Crippen LogP contribution in [0.15, 0.2) is 54.6 Å². The molecule has 28 heavy (non-hydrogen) atoms. The number of urea groups is 1. The number of nitrogens with two attached hydrogens (primary N) is 1. The Bertz CT molecular complexity index is 812. The molecule has 7 nitrogen and oxygen atoms in total. The van der Waals surface area contributed by atoms with Crippen molar-refractivity contribution in [3.8, 4) is 0 Å². The van der Waals surface area contributed by atoms with E-state index in [-0.39, 0.29) is 12.5 Å². The minimum atomic E-state index is -0.776. The third-order valence-corrected chi connectivity index (χ3v) is 4.25. The van der Waals surface area contributed by atoms with Crippen LogP contribution in [-0.4, -0.2) is 24.5 Å². The van der Waals surface area contributed by atoms with Gasteiger partial charge in [0.1, 0.15) is 0 Å². The van der Waals surface area contributed by atoms with E-state index in [0.717, 1.165) is 5.56 Å². The zero-order valence-corrected chi connectivity index (χ0v) is 16.1. The summed E-state index contributed by atoms with van der Waals surface area (Å²) in [7, 11) is 0. The van der Waals surface area contributed by atoms with Crippen molar-refractivity contribution in [1.82, 2.24) is 10.6 Å². The molecule has 148 valence electrons. The number of halogens is 1. The number of hydrogen-bond donors (Lipinski definition) is 3. The highest BCUT2D eigenvalue weighted by Crippen LogP contribution is 2.20. The molecule has 0 bridgehead atoms. The zero-order valence-electron chi connectivity index (χ0n) is 15.4. The second kappa shape index (κ2) is 10.3. The van der Waals surface area contributed by atoms with Gasteiger partial charge in [0.25, 0.3) is 5.91 Å². The first kappa shape index (κ1) is 21.2. The number of benzene rings is 2. The van der Waals surface area contributed by atoms with E-state index < -0.39 is 30.6 Å². The molecule has 0 fully saturated rings. The van der Waals surface area contributed by atoms with E-state index in [1.807, 2.05) is 37.3 Å². The summed E-state index contributed by atoms with van der Waals surface area (Å²) in [6.45, 7) is 1.42. The molecule has 0 heterocycles. The molecule has 0 unspecified atom stereocenters. The van der Waals surface area contributed by atoms with E-state index in [2.05, 4.69) is 10.6 Å². The summed E-state index contributed by atoms with van der Waals surface area (Å²) in [5.74, 6) is -1.06. The zero-order chi connectivity index (χ0) is 20.5. The van der Waals surface area contributed by atoms with Crippen molar-refractivity contribution in [1.29, 1.82) is 0 Å². The summed E-state index contributed by atoms with van der Waals surface area (Å²) >= 11 is 5.85. The number of primary amides is 1. The number of amides is 3. The number of esters is 1. The topological polar surface area (TPSA) is 111 Å². The molecular weight excluding hydrogens is 382 g/mol. The minimum absolute atomic E-state index is 0.175. The van der Waals surface area contributed by atoms with Gasteiger partial charge in [0, 0.05) is 5.02 Å². The molecule has 0 spiro atoms. The number of rotatable bonds is 8. The Kier molecular flexibility index (Phi) is 7.83. The van der Waals surface area contributed by atoms with Gasteiger partial charge in [-0.15, -0.1) is 0 Å². The van der Waals surface area contributed by atoms with E-state index in [1.54, 1.807) is 24.3 Å². The van der Waals surface area contributed by atoms with Crippen molar-refractivity contribution in [2.75, 3.05) is 6.61 Å². The standard InChI is InChI=1S/C20H22ClN3O4/c1-13(14-5-3-2-4-6-14)23-18(25)12-28-19(26)11-17(24-20(22)27)15-7-9-16(21)10-8-15/h2-10,13,17H,11-12H2,1H3,(H,23,25)(H3,22,24,27)/t13-,17+/m0/s1. The van der Waals surface area contributed by atoms with Gasteiger partial charge < -0.3 is 21.1 Å². The molecule has 2 rings (SSSR count). The molecule has 4 N–H and O–H groups in total. The molecule has 0 aliphatic heterocycles. The first-order chi connectivity index (χ1) is 13.3. The van der Waals surface area contributed by atoms with Gasteiger partial charge in [-0.3, -0.25) is 9.59 Å². The lowest BCUT2D eigenvalue weighted by atomic mass is 10.0. The van der Waals surface area contributed by atoms with E-state index in [0.29, 0.717) is 10.6 Å². The van der Waals surface area contributed by atoms with Crippen molar-refractivity contribution in [3.63, 3.8) is 0 Å². The number of hydrogen-bond acceptors (Lipinski definition) is 4. The second-order valence-corrected chi connectivity index (χ2v) is 6.61. The fraction of sp³-hybridized carbons (Fsp3) is 0.250. The predicted molar refractivity (Wildman–Crippen MR) is 105 cm³/mol. The molecule has 0 radical (unpaired) electrons. The number of ether oxygens (including phenoxy) is 1. The smallest absolute Gasteiger partial charge is 0.312 e. The predicted octanol–water partition coefficient (Wildman–Crippen LogP) is 2.86. The third kappa shape index (κ3) is 6.92. The Balaban J connectivity index is 1.87. The molecule has 8 heteroatoms. The summed E-state index contributed by atoms with van der Waals surface area (Å²) in [5.41, 5.74) is 6.76. The molecule has 0 aliphatic carbocycles. The summed E-state index contributed by atoms with van der Waals surface area (Å²) < 4.78 is 5.03. The fourth-order valence-electron chi connectivity index (χ4n) is 2.60. The quantitative estimate of drug-likeness (QED) is 0.588. The first-order valence-electron chi connectivity index (χ1n) is 8.66. The Morgan fingerprint density at radius 3 is 2.25 bits per heavy atom. The Morgan fingerprint density at radius 1 is 1.00 bits per heavy atom. The van der Waals surface area contributed by atoms with Crippen LogP contribution in [0, 0.1) is 0 Å². The van der Waals surface area contributed by atoms with Crippen LogP contribution in [0.3, 0.4) is 0 Å². The number of nitrogens with one attached hydrogen (secondary N) is 2. The fourth-order valence-corrected chi connectivity index (χ4v) is 2.72. The highest BCUT2D eigenvalue weighted by atomic mass is 35.5. The van der Waals surface area contributed by atoms with E-state index in [1.165, 1.54) is 0 Å². The van der Waals surface area contributed by atoms with Crippen molar-refractivity contribution in [3.05, 3.63) is 70.7 Å². The molecule has 0 saturated heterocycles. The summed E-state index contributed by atoms with van der Waals surface area (Å²) in [6.07, 6.45) is -0.175. The van der Waals surface area contributed by atoms with Crippen LogP contribution in [0.4, 0.5) is 4.79 Å². The summed E-state index contributed by atoms with van der Waals surface area (Å²) in [5, 5.41) is 5.76. The van der Waals surface area contributed by atoms with Crippen LogP contribution in [0.2, 0.25) is 5.02 Å². The Labute approximate surface area is 168 Å². The monoisotopic (exact) mass is 403 g/mol. The van der Waals surface area contributed by atoms with Crippen molar-refractivity contribution < 1.29 is 19.1 Å². The molecule has 2 atom stereocenters. The van der Waals surface area contributed by atoms with Gasteiger partial charge in [0.15, 0.2) is 6.61 Å². The maximum absolute atomic E-state index is 12.1. The second-order valence-electron chi connectivity index (χ2n) is 6.18. The van der Waals surface area contributed by atoms with Gasteiger partial charge in [-0.2, -0.15) is 0 Å². The highest BCUT2D eigenvalue weighted by Gasteiger charge is 2.19. The van der Waals surface area contributed by atoms with Gasteiger partial charge in [0.05, 0.1) is 18.5 Å². The average Bonchev–Trinajstić information content (AvgIpc) is 2.67. The lowest BCUT2D eigenvalue weighted by Crippen LogP contribution is -2.35. The first-order valence-corrected chi connectivity index (χ1v) is 9.04. The third-order valence-electron chi connectivity index (χ3n) is 4.00. The molecular formula is C20H22ClN3O4. The van der Waals surface area contributed by atoms with Crippen LogP contribution in [0.1, 0.15) is 36.6 Å². The van der Waals surface area contributed by atoms with Crippen LogP contribution in [0.5, 0.6) is 0 Å². The van der Waals surface area contributed by atoms with Crippen molar-refractivity contribution in [2.24, 2.45) is 5.73 Å². The van der Waals surface area contributed by atoms with Gasteiger partial charge in [-0.1, -0.05) is 54.1 Å². The summed E-state index contributed by atoms with van der Waals surface area (Å²) in [6, 6.07) is 14.4. The maximum Gasteiger partial charge on any atom is 0.312 e. The minimum Gasteiger partial charge on any atom is -0.456 e. The Morgan fingerprint density at radius 2 is 1.64 bits per heavy atom. The lowest BCUT2D eigenvalue weighted by molar-refractivity contribution is -0.149. The molecule has 0 aliphatic rings. The van der Waals surface area contributed by atoms with E-state index in [9.17, 15) is 14.4 Å². The van der Waals surface area contributed by atoms with Gasteiger partial charge >= 0.3 is 12.0 Å². The molecule has 3 amide bonds. The van der Waals surface area contributed by atoms with E-state index in [4.69, 9.17) is 22.1 Å². The van der Waals surface area contributed by atoms with Crippen molar-refractivity contribution >= 4 is 29.5 Å². The summed E-state index contributed by atoms with van der Waals surface area (Å²) in [4.78, 5) is 35.3. The van der Waals surface area contributed by atoms with Crippen molar-refractivity contribution in [2.45, 2.75) is 25.4 Å². The molecule has 0 aromatic heterocycles. The highest BCUT2D eigenvalue weighted by molar-refractivity contribution is 6.30. The molecule has 2 aromatic carbocycles. The average molecular weight is 404 g/mol. The largest absolute Gasteiger partial charge is 0.456 e. The SMILES string of the molecule is C[C@H](NC(=O)COC(=O)C[C@@H](NC(N)=O)c1ccc(Cl)cc1)c1ccccc1. The van der Waals surface area contributed by atoms with Gasteiger partial charge in [0.2, 0.25) is 0 Å². The van der Waals surface area contributed by atoms with Crippen LogP contribution in [0.25, 0.3) is 0 Å². The number of carbonyl (C=O) groups is 3. The Hall–Kier alpha value is -3.06. The number of carbonyl (C=O) groups excluding carboxylic acids is 3. The maximum atomic E-state index is 12.1. The van der Waals surface area contributed by atoms with E-state index >= 15 is 0 Å². The van der Waals surface area contributed by atoms with Crippen LogP contribution < -0.4 is 16.4 Å². The molecule has 0 saturated carbocycles. The van der Waals surface area contributed by atoms with Gasteiger partial charge in [-0.05, 0) is 30.2 Å².